The molecule has 0 aromatic rings. The van der Waals surface area contributed by atoms with E-state index in [1.165, 1.54) is 0 Å². The van der Waals surface area contributed by atoms with E-state index < -0.39 is 12.8 Å². The summed E-state index contributed by atoms with van der Waals surface area (Å²) in [5, 5.41) is 2.79. The van der Waals surface area contributed by atoms with E-state index in [0.29, 0.717) is 0 Å². The van der Waals surface area contributed by atoms with Gasteiger partial charge in [-0.3, -0.25) is 4.79 Å². The van der Waals surface area contributed by atoms with Crippen LogP contribution >= 0.6 is 0 Å². The quantitative estimate of drug-likeness (QED) is 0.735. The third kappa shape index (κ3) is 6.80. The SMILES string of the molecule is O=C(CNCCOCC(F)(F)F)N1CCCCC1. The Morgan fingerprint density at radius 3 is 2.50 bits per heavy atom. The van der Waals surface area contributed by atoms with Crippen molar-refractivity contribution in [2.75, 3.05) is 39.4 Å². The molecule has 0 aromatic carbocycles. The molecule has 1 fully saturated rings. The minimum absolute atomic E-state index is 0.00511. The van der Waals surface area contributed by atoms with Crippen LogP contribution in [0.15, 0.2) is 0 Å². The molecule has 0 spiro atoms. The van der Waals surface area contributed by atoms with Gasteiger partial charge in [0.25, 0.3) is 0 Å². The van der Waals surface area contributed by atoms with Crippen molar-refractivity contribution in [2.24, 2.45) is 0 Å². The summed E-state index contributed by atoms with van der Waals surface area (Å²) >= 11 is 0. The van der Waals surface area contributed by atoms with Crippen LogP contribution in [0.25, 0.3) is 0 Å². The molecular weight excluding hydrogens is 249 g/mol. The summed E-state index contributed by atoms with van der Waals surface area (Å²) in [6.45, 7) is 0.683. The van der Waals surface area contributed by atoms with Gasteiger partial charge < -0.3 is 15.0 Å². The Kier molecular flexibility index (Phi) is 6.42. The summed E-state index contributed by atoms with van der Waals surface area (Å²) in [4.78, 5) is 13.4. The lowest BCUT2D eigenvalue weighted by atomic mass is 10.1. The number of ether oxygens (including phenoxy) is 1. The Hall–Kier alpha value is -0.820. The number of nitrogens with one attached hydrogen (secondary N) is 1. The van der Waals surface area contributed by atoms with E-state index in [9.17, 15) is 18.0 Å². The lowest BCUT2D eigenvalue weighted by Gasteiger charge is -2.26. The molecule has 7 heteroatoms. The number of hydrogen-bond acceptors (Lipinski definition) is 3. The van der Waals surface area contributed by atoms with Crippen LogP contribution in [0, 0.1) is 0 Å². The van der Waals surface area contributed by atoms with Crippen LogP contribution < -0.4 is 5.32 Å². The summed E-state index contributed by atoms with van der Waals surface area (Å²) < 4.78 is 39.6. The zero-order chi connectivity index (χ0) is 13.4. The van der Waals surface area contributed by atoms with Crippen LogP contribution in [0.5, 0.6) is 0 Å². The topological polar surface area (TPSA) is 41.6 Å². The molecule has 1 aliphatic rings. The lowest BCUT2D eigenvalue weighted by Crippen LogP contribution is -2.41. The molecule has 0 aliphatic carbocycles. The Labute approximate surface area is 104 Å². The number of amides is 1. The summed E-state index contributed by atoms with van der Waals surface area (Å²) in [7, 11) is 0. The first-order valence-electron chi connectivity index (χ1n) is 6.12. The first-order valence-corrected chi connectivity index (χ1v) is 6.12. The molecule has 106 valence electrons. The van der Waals surface area contributed by atoms with E-state index >= 15 is 0 Å². The van der Waals surface area contributed by atoms with E-state index in [4.69, 9.17) is 0 Å². The van der Waals surface area contributed by atoms with Gasteiger partial charge in [0, 0.05) is 19.6 Å². The van der Waals surface area contributed by atoms with Crippen molar-refractivity contribution in [3.05, 3.63) is 0 Å². The van der Waals surface area contributed by atoms with Crippen molar-refractivity contribution >= 4 is 5.91 Å². The van der Waals surface area contributed by atoms with Gasteiger partial charge in [0.1, 0.15) is 6.61 Å². The van der Waals surface area contributed by atoms with Crippen molar-refractivity contribution in [1.29, 1.82) is 0 Å². The standard InChI is InChI=1S/C11H19F3N2O2/c12-11(13,14)9-18-7-4-15-8-10(17)16-5-2-1-3-6-16/h15H,1-9H2. The summed E-state index contributed by atoms with van der Waals surface area (Å²) in [5.74, 6) is 0.00511. The summed E-state index contributed by atoms with van der Waals surface area (Å²) in [6, 6.07) is 0. The molecule has 1 N–H and O–H groups in total. The van der Waals surface area contributed by atoms with Crippen LogP contribution in [0.4, 0.5) is 13.2 Å². The van der Waals surface area contributed by atoms with Crippen LogP contribution in [0.2, 0.25) is 0 Å². The lowest BCUT2D eigenvalue weighted by molar-refractivity contribution is -0.173. The molecule has 0 saturated carbocycles. The Morgan fingerprint density at radius 2 is 1.89 bits per heavy atom. The number of hydrogen-bond donors (Lipinski definition) is 1. The van der Waals surface area contributed by atoms with Gasteiger partial charge in [0.2, 0.25) is 5.91 Å². The van der Waals surface area contributed by atoms with Crippen molar-refractivity contribution in [3.8, 4) is 0 Å². The van der Waals surface area contributed by atoms with E-state index in [0.717, 1.165) is 32.4 Å². The number of carbonyl (C=O) groups excluding carboxylic acids is 1. The second-order valence-corrected chi connectivity index (χ2v) is 4.29. The van der Waals surface area contributed by atoms with Gasteiger partial charge in [-0.25, -0.2) is 0 Å². The summed E-state index contributed by atoms with van der Waals surface area (Å²) in [6.07, 6.45) is -1.08. The van der Waals surface area contributed by atoms with Crippen LogP contribution in [0.3, 0.4) is 0 Å². The molecule has 1 heterocycles. The molecule has 0 aromatic heterocycles. The highest BCUT2D eigenvalue weighted by atomic mass is 19.4. The maximum atomic E-state index is 11.7. The fourth-order valence-electron chi connectivity index (χ4n) is 1.78. The smallest absolute Gasteiger partial charge is 0.371 e. The first-order chi connectivity index (χ1) is 8.49. The fraction of sp³-hybridized carbons (Fsp3) is 0.909. The van der Waals surface area contributed by atoms with E-state index in [1.54, 1.807) is 4.90 Å². The number of carbonyl (C=O) groups is 1. The molecule has 1 rings (SSSR count). The molecule has 18 heavy (non-hydrogen) atoms. The predicted molar refractivity (Wildman–Crippen MR) is 60.2 cm³/mol. The Morgan fingerprint density at radius 1 is 1.22 bits per heavy atom. The molecule has 4 nitrogen and oxygen atoms in total. The fourth-order valence-corrected chi connectivity index (χ4v) is 1.78. The second kappa shape index (κ2) is 7.58. The zero-order valence-corrected chi connectivity index (χ0v) is 10.3. The number of rotatable bonds is 6. The van der Waals surface area contributed by atoms with Gasteiger partial charge in [0.15, 0.2) is 0 Å². The van der Waals surface area contributed by atoms with Crippen molar-refractivity contribution in [1.82, 2.24) is 10.2 Å². The van der Waals surface area contributed by atoms with Crippen molar-refractivity contribution < 1.29 is 22.7 Å². The number of halogens is 3. The van der Waals surface area contributed by atoms with Gasteiger partial charge >= 0.3 is 6.18 Å². The van der Waals surface area contributed by atoms with Crippen LogP contribution in [0.1, 0.15) is 19.3 Å². The van der Waals surface area contributed by atoms with Gasteiger partial charge in [-0.05, 0) is 19.3 Å². The second-order valence-electron chi connectivity index (χ2n) is 4.29. The highest BCUT2D eigenvalue weighted by molar-refractivity contribution is 5.78. The molecular formula is C11H19F3N2O2. The normalized spacial score (nSPS) is 16.9. The third-order valence-electron chi connectivity index (χ3n) is 2.67. The molecule has 1 aliphatic heterocycles. The Bertz CT molecular complexity index is 253. The number of piperidine rings is 1. The molecule has 0 unspecified atom stereocenters. The highest BCUT2D eigenvalue weighted by Gasteiger charge is 2.27. The summed E-state index contributed by atoms with van der Waals surface area (Å²) in [5.41, 5.74) is 0. The average Bonchev–Trinajstić information content (AvgIpc) is 2.33. The number of alkyl halides is 3. The van der Waals surface area contributed by atoms with Gasteiger partial charge in [-0.15, -0.1) is 0 Å². The van der Waals surface area contributed by atoms with Crippen molar-refractivity contribution in [3.63, 3.8) is 0 Å². The maximum Gasteiger partial charge on any atom is 0.411 e. The number of nitrogens with zero attached hydrogens (tertiary/aromatic N) is 1. The monoisotopic (exact) mass is 268 g/mol. The number of likely N-dealkylation sites (tertiary alicyclic amines) is 1. The van der Waals surface area contributed by atoms with E-state index in [2.05, 4.69) is 10.1 Å². The Balaban J connectivity index is 1.98. The van der Waals surface area contributed by atoms with E-state index in [-0.39, 0.29) is 25.6 Å². The molecule has 0 radical (unpaired) electrons. The minimum Gasteiger partial charge on any atom is -0.371 e. The third-order valence-corrected chi connectivity index (χ3v) is 2.67. The largest absolute Gasteiger partial charge is 0.411 e. The maximum absolute atomic E-state index is 11.7. The van der Waals surface area contributed by atoms with Crippen molar-refractivity contribution in [2.45, 2.75) is 25.4 Å². The van der Waals surface area contributed by atoms with E-state index in [1.807, 2.05) is 0 Å². The van der Waals surface area contributed by atoms with Gasteiger partial charge in [-0.1, -0.05) is 0 Å². The first kappa shape index (κ1) is 15.2. The average molecular weight is 268 g/mol. The zero-order valence-electron chi connectivity index (χ0n) is 10.3. The van der Waals surface area contributed by atoms with Gasteiger partial charge in [-0.2, -0.15) is 13.2 Å². The molecule has 0 atom stereocenters. The minimum atomic E-state index is -4.29. The molecule has 0 bridgehead atoms. The molecule has 1 amide bonds. The van der Waals surface area contributed by atoms with Gasteiger partial charge in [0.05, 0.1) is 13.2 Å². The molecule has 1 saturated heterocycles. The highest BCUT2D eigenvalue weighted by Crippen LogP contribution is 2.13. The van der Waals surface area contributed by atoms with Crippen LogP contribution in [-0.2, 0) is 9.53 Å². The predicted octanol–water partition coefficient (Wildman–Crippen LogP) is 1.17. The van der Waals surface area contributed by atoms with Crippen LogP contribution in [-0.4, -0.2) is 56.4 Å².